The Bertz CT molecular complexity index is 4360. The molecule has 0 bridgehead atoms. The van der Waals surface area contributed by atoms with Gasteiger partial charge >= 0.3 is 29.3 Å². The number of phenols is 2. The molecule has 0 atom stereocenters. The monoisotopic (exact) mass is 1180 g/mol. The Hall–Kier alpha value is -10.2. The minimum atomic E-state index is -1.28. The summed E-state index contributed by atoms with van der Waals surface area (Å²) in [7, 11) is 12.6. The average Bonchev–Trinajstić information content (AvgIpc) is 1.27. The van der Waals surface area contributed by atoms with Gasteiger partial charge < -0.3 is 39.4 Å². The van der Waals surface area contributed by atoms with Crippen LogP contribution >= 0.6 is 0 Å². The van der Waals surface area contributed by atoms with Gasteiger partial charge in [0, 0.05) is 138 Å². The molecule has 13 heteroatoms. The molecule has 0 fully saturated rings. The maximum absolute atomic E-state index is 11.6. The first-order valence-corrected chi connectivity index (χ1v) is 28.8. The number of hydrogen-bond donors (Lipinski definition) is 4. The zero-order chi connectivity index (χ0) is 61.8. The standard InChI is InChI=1S/2C26H28N3.C23H16O6.Al/c2*1-19-17-21(20(2)29(19)24-9-7-6-8-10-24)11-13-23-14-12-22-18-25(27(3)4)15-16-26(22)28(23)5;24-20-16(14-7-3-1-5-12(14)9-18(20)22(26)27)11-17-15-8-4-2-6-13(15)10-19(21(17)25)23(28)29;/h2*6-18H,1-5H3;1-10,24-25H,11H2,(H,26,27)(H,28,29);/q2*+1;;+3. The first-order valence-electron chi connectivity index (χ1n) is 28.8. The Balaban J connectivity index is 0.000000156. The Labute approximate surface area is 524 Å². The molecule has 0 saturated carbocycles. The molecule has 0 aliphatic carbocycles. The average molecular weight is 1180 g/mol. The maximum Gasteiger partial charge on any atom is 3.00 e. The van der Waals surface area contributed by atoms with Gasteiger partial charge in [-0.1, -0.05) is 84.9 Å². The number of carboxylic acid groups (broad SMARTS) is 2. The van der Waals surface area contributed by atoms with Gasteiger partial charge in [0.1, 0.15) is 36.7 Å². The smallest absolute Gasteiger partial charge is 0.507 e. The molecule has 12 aromatic rings. The molecule has 4 N–H and O–H groups in total. The molecule has 4 heterocycles. The number of carbonyl (C=O) groups is 2. The van der Waals surface area contributed by atoms with Crippen molar-refractivity contribution in [2.75, 3.05) is 38.0 Å². The summed E-state index contributed by atoms with van der Waals surface area (Å²) in [4.78, 5) is 27.5. The molecule has 0 aliphatic rings. The normalized spacial score (nSPS) is 11.2. The molecule has 0 saturated heterocycles. The number of aromatic nitrogens is 4. The van der Waals surface area contributed by atoms with Crippen LogP contribution in [0.25, 0.3) is 79.0 Å². The Morgan fingerprint density at radius 3 is 1.17 bits per heavy atom. The molecule has 12 rings (SSSR count). The van der Waals surface area contributed by atoms with E-state index in [1.165, 1.54) is 102 Å². The van der Waals surface area contributed by atoms with Gasteiger partial charge in [-0.3, -0.25) is 0 Å². The van der Waals surface area contributed by atoms with Crippen molar-refractivity contribution >= 4 is 108 Å². The van der Waals surface area contributed by atoms with Crippen LogP contribution in [-0.2, 0) is 20.5 Å². The van der Waals surface area contributed by atoms with Crippen LogP contribution < -0.4 is 18.9 Å². The number of hydrogen-bond acceptors (Lipinski definition) is 6. The van der Waals surface area contributed by atoms with Crippen molar-refractivity contribution in [3.05, 3.63) is 262 Å². The molecule has 0 radical (unpaired) electrons. The van der Waals surface area contributed by atoms with Crippen molar-refractivity contribution in [2.24, 2.45) is 14.1 Å². The second-order valence-corrected chi connectivity index (χ2v) is 22.3. The predicted octanol–water partition coefficient (Wildman–Crippen LogP) is 14.6. The van der Waals surface area contributed by atoms with Gasteiger partial charge in [-0.15, -0.1) is 0 Å². The summed E-state index contributed by atoms with van der Waals surface area (Å²) in [5.41, 5.74) is 17.3. The number of fused-ring (bicyclic) bond motifs is 4. The SMILES string of the molecule is Cc1cc(/C=C/c2ccc3cc(N(C)C)ccc3[n+]2C)c(C)n1-c1ccccc1.Cc1cc(/C=C/c2ccc3cc(N(C)C)ccc3[n+]2C)c(C)n1-c1ccccc1.O=C(O)c1cc2ccccc2c(Cc2c(O)c(C(=O)O)cc3ccccc23)c1O.[Al+3]. The largest absolute Gasteiger partial charge is 3.00 e. The predicted molar refractivity (Wildman–Crippen MR) is 361 cm³/mol. The van der Waals surface area contributed by atoms with Crippen molar-refractivity contribution in [2.45, 2.75) is 34.1 Å². The number of pyridine rings is 2. The van der Waals surface area contributed by atoms with Crippen LogP contribution in [0.4, 0.5) is 11.4 Å². The fraction of sp³-hybridized carbons (Fsp3) is 0.147. The molecule has 0 aliphatic heterocycles. The minimum absolute atomic E-state index is 0. The van der Waals surface area contributed by atoms with E-state index in [2.05, 4.69) is 256 Å². The van der Waals surface area contributed by atoms with E-state index < -0.39 is 23.4 Å². The summed E-state index contributed by atoms with van der Waals surface area (Å²) in [5, 5.41) is 45.3. The topological polar surface area (TPSA) is 139 Å². The van der Waals surface area contributed by atoms with Gasteiger partial charge in [-0.25, -0.2) is 9.59 Å². The van der Waals surface area contributed by atoms with Gasteiger partial charge in [-0.2, -0.15) is 9.13 Å². The number of para-hydroxylation sites is 2. The fourth-order valence-corrected chi connectivity index (χ4v) is 11.6. The van der Waals surface area contributed by atoms with Crippen LogP contribution in [0.3, 0.4) is 0 Å². The van der Waals surface area contributed by atoms with Crippen molar-refractivity contribution in [1.29, 1.82) is 0 Å². The van der Waals surface area contributed by atoms with Gasteiger partial charge in [0.25, 0.3) is 0 Å². The van der Waals surface area contributed by atoms with E-state index in [9.17, 15) is 30.0 Å². The van der Waals surface area contributed by atoms with Crippen molar-refractivity contribution in [3.63, 3.8) is 0 Å². The van der Waals surface area contributed by atoms with Gasteiger partial charge in [0.05, 0.1) is 0 Å². The Kier molecular flexibility index (Phi) is 18.9. The molecular weight excluding hydrogens is 1110 g/mol. The number of benzene rings is 8. The summed E-state index contributed by atoms with van der Waals surface area (Å²) < 4.78 is 9.12. The first kappa shape index (κ1) is 62.3. The van der Waals surface area contributed by atoms with E-state index in [-0.39, 0.29) is 34.9 Å². The number of aromatic carboxylic acids is 2. The zero-order valence-corrected chi connectivity index (χ0v) is 52.5. The molecule has 88 heavy (non-hydrogen) atoms. The Morgan fingerprint density at radius 1 is 0.443 bits per heavy atom. The van der Waals surface area contributed by atoms with E-state index in [1.807, 2.05) is 0 Å². The fourth-order valence-electron chi connectivity index (χ4n) is 11.6. The molecule has 0 amide bonds. The molecule has 4 aromatic heterocycles. The number of anilines is 2. The van der Waals surface area contributed by atoms with Crippen LogP contribution in [0.5, 0.6) is 11.5 Å². The van der Waals surface area contributed by atoms with E-state index in [1.54, 1.807) is 48.5 Å². The summed E-state index contributed by atoms with van der Waals surface area (Å²) in [5.74, 6) is -3.36. The number of nitrogens with zero attached hydrogens (tertiary/aromatic N) is 6. The maximum atomic E-state index is 11.6. The molecule has 12 nitrogen and oxygen atoms in total. The summed E-state index contributed by atoms with van der Waals surface area (Å²) in [6.45, 7) is 8.69. The third-order valence-corrected chi connectivity index (χ3v) is 16.3. The van der Waals surface area contributed by atoms with Crippen LogP contribution in [-0.4, -0.2) is 87.1 Å². The van der Waals surface area contributed by atoms with Gasteiger partial charge in [-0.05, 0) is 157 Å². The number of aromatic hydroxyl groups is 2. The van der Waals surface area contributed by atoms with E-state index in [4.69, 9.17) is 0 Å². The first-order chi connectivity index (χ1) is 41.8. The zero-order valence-electron chi connectivity index (χ0n) is 51.4. The second kappa shape index (κ2) is 26.6. The quantitative estimate of drug-likeness (QED) is 0.0701. The van der Waals surface area contributed by atoms with Crippen LogP contribution in [0.1, 0.15) is 77.1 Å². The van der Waals surface area contributed by atoms with E-state index >= 15 is 0 Å². The van der Waals surface area contributed by atoms with Gasteiger partial charge in [0.2, 0.25) is 22.4 Å². The molecule has 436 valence electrons. The van der Waals surface area contributed by atoms with Crippen molar-refractivity contribution < 1.29 is 39.1 Å². The van der Waals surface area contributed by atoms with Crippen LogP contribution in [0.15, 0.2) is 194 Å². The summed E-state index contributed by atoms with van der Waals surface area (Å²) >= 11 is 0. The van der Waals surface area contributed by atoms with E-state index in [0.717, 1.165) is 0 Å². The Morgan fingerprint density at radius 2 is 0.807 bits per heavy atom. The second-order valence-electron chi connectivity index (χ2n) is 22.3. The third-order valence-electron chi connectivity index (χ3n) is 16.3. The number of rotatable bonds is 12. The molecule has 0 spiro atoms. The van der Waals surface area contributed by atoms with E-state index in [0.29, 0.717) is 32.7 Å². The third kappa shape index (κ3) is 12.8. The van der Waals surface area contributed by atoms with Crippen LogP contribution in [0, 0.1) is 27.7 Å². The summed E-state index contributed by atoms with van der Waals surface area (Å²) in [6.07, 6.45) is 8.81. The molecule has 8 aromatic carbocycles. The molecular formula is C75H72AlN6O6+5. The van der Waals surface area contributed by atoms with Crippen LogP contribution in [0.2, 0.25) is 0 Å². The number of aryl methyl sites for hydroxylation is 4. The number of carboxylic acids is 2. The summed E-state index contributed by atoms with van der Waals surface area (Å²) in [6, 6.07) is 64.3. The van der Waals surface area contributed by atoms with Crippen molar-refractivity contribution in [1.82, 2.24) is 9.13 Å². The minimum Gasteiger partial charge on any atom is -0.507 e. The van der Waals surface area contributed by atoms with Gasteiger partial charge in [0.15, 0.2) is 0 Å². The van der Waals surface area contributed by atoms with Crippen molar-refractivity contribution in [3.8, 4) is 22.9 Å². The molecule has 0 unspecified atom stereocenters.